The first-order chi connectivity index (χ1) is 9.63. The van der Waals surface area contributed by atoms with Crippen LogP contribution in [0.25, 0.3) is 11.0 Å². The Kier molecular flexibility index (Phi) is 4.40. The van der Waals surface area contributed by atoms with Gasteiger partial charge in [0.1, 0.15) is 5.56 Å². The summed E-state index contributed by atoms with van der Waals surface area (Å²) in [5, 5.41) is 9.44. The number of benzene rings is 1. The predicted octanol–water partition coefficient (Wildman–Crippen LogP) is 3.06. The SMILES string of the molecule is CCCCCOc1cccc2cc(C(=O)O)c(=O)oc12. The first-order valence-corrected chi connectivity index (χ1v) is 6.56. The number of rotatable bonds is 6. The van der Waals surface area contributed by atoms with E-state index in [9.17, 15) is 9.59 Å². The lowest BCUT2D eigenvalue weighted by molar-refractivity contribution is 0.0692. The highest BCUT2D eigenvalue weighted by Crippen LogP contribution is 2.25. The van der Waals surface area contributed by atoms with E-state index in [2.05, 4.69) is 6.92 Å². The molecule has 0 atom stereocenters. The molecule has 0 spiro atoms. The molecule has 5 nitrogen and oxygen atoms in total. The maximum Gasteiger partial charge on any atom is 0.351 e. The van der Waals surface area contributed by atoms with Gasteiger partial charge in [0.25, 0.3) is 0 Å². The fraction of sp³-hybridized carbons (Fsp3) is 0.333. The molecule has 106 valence electrons. The Balaban J connectivity index is 2.35. The number of carbonyl (C=O) groups is 1. The molecular weight excluding hydrogens is 260 g/mol. The van der Waals surface area contributed by atoms with Crippen molar-refractivity contribution in [3.8, 4) is 5.75 Å². The van der Waals surface area contributed by atoms with Gasteiger partial charge in [-0.1, -0.05) is 31.9 Å². The summed E-state index contributed by atoms with van der Waals surface area (Å²) in [4.78, 5) is 22.5. The van der Waals surface area contributed by atoms with Gasteiger partial charge in [0.2, 0.25) is 0 Å². The molecule has 0 radical (unpaired) electrons. The zero-order valence-electron chi connectivity index (χ0n) is 11.2. The lowest BCUT2D eigenvalue weighted by Gasteiger charge is -2.08. The van der Waals surface area contributed by atoms with Crippen LogP contribution in [0.4, 0.5) is 0 Å². The topological polar surface area (TPSA) is 76.7 Å². The number of fused-ring (bicyclic) bond motifs is 1. The fourth-order valence-corrected chi connectivity index (χ4v) is 1.91. The molecular formula is C15H16O5. The largest absolute Gasteiger partial charge is 0.490 e. The predicted molar refractivity (Wildman–Crippen MR) is 74.5 cm³/mol. The average molecular weight is 276 g/mol. The first kappa shape index (κ1) is 14.1. The second kappa shape index (κ2) is 6.23. The third-order valence-corrected chi connectivity index (χ3v) is 2.96. The van der Waals surface area contributed by atoms with Gasteiger partial charge < -0.3 is 14.3 Å². The number of unbranched alkanes of at least 4 members (excludes halogenated alkanes) is 2. The summed E-state index contributed by atoms with van der Waals surface area (Å²) in [7, 11) is 0. The van der Waals surface area contributed by atoms with Crippen molar-refractivity contribution in [2.45, 2.75) is 26.2 Å². The summed E-state index contributed by atoms with van der Waals surface area (Å²) < 4.78 is 10.7. The van der Waals surface area contributed by atoms with Crippen LogP contribution in [0.1, 0.15) is 36.5 Å². The molecule has 2 aromatic rings. The molecule has 1 aromatic carbocycles. The number of carboxylic acid groups (broad SMARTS) is 1. The molecule has 0 aliphatic rings. The number of aromatic carboxylic acids is 1. The normalized spacial score (nSPS) is 10.7. The average Bonchev–Trinajstić information content (AvgIpc) is 2.43. The molecule has 0 amide bonds. The second-order valence-corrected chi connectivity index (χ2v) is 4.48. The van der Waals surface area contributed by atoms with E-state index < -0.39 is 11.6 Å². The Labute approximate surface area is 115 Å². The third kappa shape index (κ3) is 2.99. The van der Waals surface area contributed by atoms with Gasteiger partial charge >= 0.3 is 11.6 Å². The van der Waals surface area contributed by atoms with E-state index in [1.807, 2.05) is 0 Å². The number of ether oxygens (including phenoxy) is 1. The molecule has 0 aliphatic heterocycles. The van der Waals surface area contributed by atoms with Crippen molar-refractivity contribution in [2.24, 2.45) is 0 Å². The summed E-state index contributed by atoms with van der Waals surface area (Å²) in [6.07, 6.45) is 3.08. The van der Waals surface area contributed by atoms with Crippen LogP contribution in [0.2, 0.25) is 0 Å². The number of hydrogen-bond donors (Lipinski definition) is 1. The first-order valence-electron chi connectivity index (χ1n) is 6.56. The molecule has 1 heterocycles. The van der Waals surface area contributed by atoms with E-state index >= 15 is 0 Å². The van der Waals surface area contributed by atoms with E-state index in [1.54, 1.807) is 18.2 Å². The van der Waals surface area contributed by atoms with Crippen LogP contribution in [0.15, 0.2) is 33.5 Å². The lowest BCUT2D eigenvalue weighted by Crippen LogP contribution is -2.13. The smallest absolute Gasteiger partial charge is 0.351 e. The van der Waals surface area contributed by atoms with E-state index in [4.69, 9.17) is 14.3 Å². The van der Waals surface area contributed by atoms with E-state index in [1.165, 1.54) is 6.07 Å². The van der Waals surface area contributed by atoms with Crippen molar-refractivity contribution in [1.82, 2.24) is 0 Å². The van der Waals surface area contributed by atoms with Gasteiger partial charge in [-0.25, -0.2) is 9.59 Å². The van der Waals surface area contributed by atoms with Crippen LogP contribution in [-0.4, -0.2) is 17.7 Å². The molecule has 1 aromatic heterocycles. The highest BCUT2D eigenvalue weighted by atomic mass is 16.5. The maximum absolute atomic E-state index is 11.6. The Morgan fingerprint density at radius 3 is 2.85 bits per heavy atom. The molecule has 0 saturated heterocycles. The van der Waals surface area contributed by atoms with Crippen molar-refractivity contribution in [2.75, 3.05) is 6.61 Å². The molecule has 5 heteroatoms. The van der Waals surface area contributed by atoms with Gasteiger partial charge in [-0.2, -0.15) is 0 Å². The molecule has 20 heavy (non-hydrogen) atoms. The van der Waals surface area contributed by atoms with Crippen molar-refractivity contribution < 1.29 is 19.1 Å². The van der Waals surface area contributed by atoms with Gasteiger partial charge in [-0.3, -0.25) is 0 Å². The van der Waals surface area contributed by atoms with Crippen molar-refractivity contribution >= 4 is 16.9 Å². The Morgan fingerprint density at radius 2 is 2.15 bits per heavy atom. The van der Waals surface area contributed by atoms with Gasteiger partial charge in [-0.05, 0) is 18.6 Å². The minimum atomic E-state index is -1.30. The molecule has 1 N–H and O–H groups in total. The van der Waals surface area contributed by atoms with Gasteiger partial charge in [0.05, 0.1) is 6.61 Å². The Hall–Kier alpha value is -2.30. The summed E-state index contributed by atoms with van der Waals surface area (Å²) in [6.45, 7) is 2.64. The highest BCUT2D eigenvalue weighted by Gasteiger charge is 2.14. The second-order valence-electron chi connectivity index (χ2n) is 4.48. The minimum Gasteiger partial charge on any atom is -0.490 e. The van der Waals surface area contributed by atoms with Crippen molar-refractivity contribution in [3.05, 3.63) is 40.2 Å². The minimum absolute atomic E-state index is 0.291. The third-order valence-electron chi connectivity index (χ3n) is 2.96. The van der Waals surface area contributed by atoms with Crippen molar-refractivity contribution in [1.29, 1.82) is 0 Å². The highest BCUT2D eigenvalue weighted by molar-refractivity contribution is 5.92. The summed E-state index contributed by atoms with van der Waals surface area (Å²) in [5.74, 6) is -0.831. The fourth-order valence-electron chi connectivity index (χ4n) is 1.91. The zero-order chi connectivity index (χ0) is 14.5. The monoisotopic (exact) mass is 276 g/mol. The Bertz CT molecular complexity index is 672. The van der Waals surface area contributed by atoms with Crippen LogP contribution in [-0.2, 0) is 0 Å². The van der Waals surface area contributed by atoms with Gasteiger partial charge in [0.15, 0.2) is 11.3 Å². The zero-order valence-corrected chi connectivity index (χ0v) is 11.2. The van der Waals surface area contributed by atoms with Gasteiger partial charge in [-0.15, -0.1) is 0 Å². The van der Waals surface area contributed by atoms with Gasteiger partial charge in [0, 0.05) is 5.39 Å². The molecule has 2 rings (SSSR count). The van der Waals surface area contributed by atoms with Crippen LogP contribution in [0.5, 0.6) is 5.75 Å². The number of para-hydroxylation sites is 1. The quantitative estimate of drug-likeness (QED) is 0.648. The number of hydrogen-bond acceptors (Lipinski definition) is 4. The van der Waals surface area contributed by atoms with Crippen LogP contribution < -0.4 is 10.4 Å². The van der Waals surface area contributed by atoms with E-state index in [0.717, 1.165) is 19.3 Å². The summed E-state index contributed by atoms with van der Waals surface area (Å²) in [6, 6.07) is 6.44. The lowest BCUT2D eigenvalue weighted by atomic mass is 10.2. The Morgan fingerprint density at radius 1 is 1.35 bits per heavy atom. The van der Waals surface area contributed by atoms with Crippen molar-refractivity contribution in [3.63, 3.8) is 0 Å². The summed E-state index contributed by atoms with van der Waals surface area (Å²) >= 11 is 0. The van der Waals surface area contributed by atoms with Crippen LogP contribution in [0, 0.1) is 0 Å². The van der Waals surface area contributed by atoms with Crippen LogP contribution in [0.3, 0.4) is 0 Å². The molecule has 0 aliphatic carbocycles. The maximum atomic E-state index is 11.6. The molecule has 0 fully saturated rings. The number of carboxylic acids is 1. The summed E-state index contributed by atoms with van der Waals surface area (Å²) in [5.41, 5.74) is -0.950. The molecule has 0 unspecified atom stereocenters. The van der Waals surface area contributed by atoms with E-state index in [-0.39, 0.29) is 5.56 Å². The molecule has 0 bridgehead atoms. The standard InChI is InChI=1S/C15H16O5/c1-2-3-4-8-19-12-7-5-6-10-9-11(14(16)17)15(18)20-13(10)12/h5-7,9H,2-4,8H2,1H3,(H,16,17). The molecule has 0 saturated carbocycles. The van der Waals surface area contributed by atoms with Crippen LogP contribution >= 0.6 is 0 Å². The van der Waals surface area contributed by atoms with E-state index in [0.29, 0.717) is 23.3 Å².